The van der Waals surface area contributed by atoms with E-state index in [1.54, 1.807) is 24.3 Å². The van der Waals surface area contributed by atoms with E-state index in [2.05, 4.69) is 0 Å². The quantitative estimate of drug-likeness (QED) is 0.877. The Balaban J connectivity index is 1.61. The standard InChI is InChI=1S/C21H22FNO2/c22-18-7-8-20(24)19(11-18)16-5-2-6-17(10-16)21(25)23-12-14-3-1-4-15(9-14)13-23/h2,5-8,10-11,14-15,24H,1,3-4,9,12-13H2/t14-,15+. The van der Waals surface area contributed by atoms with Gasteiger partial charge in [-0.2, -0.15) is 0 Å². The number of rotatable bonds is 2. The van der Waals surface area contributed by atoms with Crippen LogP contribution >= 0.6 is 0 Å². The van der Waals surface area contributed by atoms with Crippen molar-refractivity contribution in [1.82, 2.24) is 4.90 Å². The number of hydrogen-bond acceptors (Lipinski definition) is 2. The summed E-state index contributed by atoms with van der Waals surface area (Å²) < 4.78 is 13.5. The number of piperidine rings is 1. The Morgan fingerprint density at radius 3 is 2.60 bits per heavy atom. The number of fused-ring (bicyclic) bond motifs is 2. The number of likely N-dealkylation sites (tertiary alicyclic amines) is 1. The highest BCUT2D eigenvalue weighted by atomic mass is 19.1. The van der Waals surface area contributed by atoms with Crippen LogP contribution in [0.3, 0.4) is 0 Å². The third-order valence-corrected chi connectivity index (χ3v) is 5.51. The van der Waals surface area contributed by atoms with Gasteiger partial charge in [-0.25, -0.2) is 4.39 Å². The molecule has 130 valence electrons. The lowest BCUT2D eigenvalue weighted by Gasteiger charge is -2.41. The van der Waals surface area contributed by atoms with Crippen molar-refractivity contribution >= 4 is 5.91 Å². The van der Waals surface area contributed by atoms with Crippen LogP contribution in [0.1, 0.15) is 36.0 Å². The molecule has 25 heavy (non-hydrogen) atoms. The van der Waals surface area contributed by atoms with Crippen molar-refractivity contribution in [3.05, 3.63) is 53.8 Å². The maximum absolute atomic E-state index is 13.5. The molecule has 1 aliphatic carbocycles. The SMILES string of the molecule is O=C(c1cccc(-c2cc(F)ccc2O)c1)N1C[C@@H]2CCC[C@@H](C2)C1. The van der Waals surface area contributed by atoms with Crippen molar-refractivity contribution in [2.24, 2.45) is 11.8 Å². The first-order valence-electron chi connectivity index (χ1n) is 8.98. The second-order valence-electron chi connectivity index (χ2n) is 7.35. The van der Waals surface area contributed by atoms with Gasteiger partial charge in [-0.05, 0) is 67.0 Å². The monoisotopic (exact) mass is 339 g/mol. The predicted molar refractivity (Wildman–Crippen MR) is 94.9 cm³/mol. The highest BCUT2D eigenvalue weighted by Gasteiger charge is 2.33. The first-order valence-corrected chi connectivity index (χ1v) is 8.98. The molecule has 1 N–H and O–H groups in total. The largest absolute Gasteiger partial charge is 0.507 e. The number of benzene rings is 2. The second kappa shape index (κ2) is 6.51. The molecule has 2 aromatic rings. The first kappa shape index (κ1) is 16.1. The third-order valence-electron chi connectivity index (χ3n) is 5.51. The topological polar surface area (TPSA) is 40.5 Å². The summed E-state index contributed by atoms with van der Waals surface area (Å²) in [5.74, 6) is 0.903. The lowest BCUT2D eigenvalue weighted by Crippen LogP contribution is -2.45. The summed E-state index contributed by atoms with van der Waals surface area (Å²) in [5, 5.41) is 10.0. The summed E-state index contributed by atoms with van der Waals surface area (Å²) in [6.07, 6.45) is 4.97. The molecule has 2 atom stereocenters. The van der Waals surface area contributed by atoms with Gasteiger partial charge in [-0.3, -0.25) is 4.79 Å². The van der Waals surface area contributed by atoms with E-state index in [0.29, 0.717) is 28.5 Å². The highest BCUT2D eigenvalue weighted by Crippen LogP contribution is 2.35. The molecule has 3 nitrogen and oxygen atoms in total. The van der Waals surface area contributed by atoms with Crippen molar-refractivity contribution in [3.63, 3.8) is 0 Å². The van der Waals surface area contributed by atoms with Gasteiger partial charge < -0.3 is 10.0 Å². The van der Waals surface area contributed by atoms with Gasteiger partial charge in [0, 0.05) is 24.2 Å². The maximum Gasteiger partial charge on any atom is 0.253 e. The molecule has 1 saturated heterocycles. The molecular weight excluding hydrogens is 317 g/mol. The van der Waals surface area contributed by atoms with Crippen molar-refractivity contribution in [3.8, 4) is 16.9 Å². The minimum absolute atomic E-state index is 0.0125. The van der Waals surface area contributed by atoms with Crippen LogP contribution in [0.5, 0.6) is 5.75 Å². The van der Waals surface area contributed by atoms with E-state index in [0.717, 1.165) is 13.1 Å². The number of aromatic hydroxyl groups is 1. The highest BCUT2D eigenvalue weighted by molar-refractivity contribution is 5.95. The lowest BCUT2D eigenvalue weighted by atomic mass is 9.78. The number of halogens is 1. The van der Waals surface area contributed by atoms with E-state index >= 15 is 0 Å². The van der Waals surface area contributed by atoms with E-state index in [1.807, 2.05) is 4.90 Å². The Kier molecular flexibility index (Phi) is 4.20. The molecule has 0 radical (unpaired) electrons. The van der Waals surface area contributed by atoms with E-state index < -0.39 is 5.82 Å². The molecular formula is C21H22FNO2. The Labute approximate surface area is 147 Å². The van der Waals surface area contributed by atoms with Crippen LogP contribution in [0, 0.1) is 17.7 Å². The predicted octanol–water partition coefficient (Wildman–Crippen LogP) is 4.46. The fourth-order valence-corrected chi connectivity index (χ4v) is 4.34. The molecule has 0 spiro atoms. The number of hydrogen-bond donors (Lipinski definition) is 1. The Bertz CT molecular complexity index is 792. The number of carbonyl (C=O) groups is 1. The van der Waals surface area contributed by atoms with Crippen LogP contribution < -0.4 is 0 Å². The third kappa shape index (κ3) is 3.26. The molecule has 1 heterocycles. The summed E-state index contributed by atoms with van der Waals surface area (Å²) in [6, 6.07) is 11.0. The molecule has 0 unspecified atom stereocenters. The van der Waals surface area contributed by atoms with Crippen LogP contribution in [0.2, 0.25) is 0 Å². The number of phenols is 1. The molecule has 1 saturated carbocycles. The molecule has 2 aromatic carbocycles. The van der Waals surface area contributed by atoms with Crippen molar-refractivity contribution in [2.45, 2.75) is 25.7 Å². The van der Waals surface area contributed by atoms with Gasteiger partial charge in [-0.15, -0.1) is 0 Å². The lowest BCUT2D eigenvalue weighted by molar-refractivity contribution is 0.0504. The van der Waals surface area contributed by atoms with Crippen molar-refractivity contribution < 1.29 is 14.3 Å². The summed E-state index contributed by atoms with van der Waals surface area (Å²) in [4.78, 5) is 14.9. The zero-order valence-corrected chi connectivity index (χ0v) is 14.1. The molecule has 1 amide bonds. The van der Waals surface area contributed by atoms with Gasteiger partial charge >= 0.3 is 0 Å². The Morgan fingerprint density at radius 2 is 1.84 bits per heavy atom. The smallest absolute Gasteiger partial charge is 0.253 e. The zero-order valence-electron chi connectivity index (χ0n) is 14.1. The fourth-order valence-electron chi connectivity index (χ4n) is 4.34. The summed E-state index contributed by atoms with van der Waals surface area (Å²) >= 11 is 0. The van der Waals surface area contributed by atoms with Crippen LogP contribution in [-0.4, -0.2) is 29.0 Å². The molecule has 4 heteroatoms. The van der Waals surface area contributed by atoms with Gasteiger partial charge in [0.25, 0.3) is 5.91 Å². The normalized spacial score (nSPS) is 22.7. The minimum Gasteiger partial charge on any atom is -0.507 e. The second-order valence-corrected chi connectivity index (χ2v) is 7.35. The van der Waals surface area contributed by atoms with Gasteiger partial charge in [0.2, 0.25) is 0 Å². The number of amides is 1. The average Bonchev–Trinajstić information content (AvgIpc) is 2.63. The van der Waals surface area contributed by atoms with Crippen LogP contribution in [0.15, 0.2) is 42.5 Å². The van der Waals surface area contributed by atoms with Crippen LogP contribution in [0.4, 0.5) is 4.39 Å². The van der Waals surface area contributed by atoms with Crippen molar-refractivity contribution in [2.75, 3.05) is 13.1 Å². The van der Waals surface area contributed by atoms with Gasteiger partial charge in [-0.1, -0.05) is 18.6 Å². The first-order chi connectivity index (χ1) is 12.1. The van der Waals surface area contributed by atoms with E-state index in [1.165, 1.54) is 43.9 Å². The summed E-state index contributed by atoms with van der Waals surface area (Å²) in [7, 11) is 0. The van der Waals surface area contributed by atoms with Gasteiger partial charge in [0.15, 0.2) is 0 Å². The summed E-state index contributed by atoms with van der Waals surface area (Å²) in [6.45, 7) is 1.68. The molecule has 2 fully saturated rings. The molecule has 1 aliphatic heterocycles. The molecule has 0 aromatic heterocycles. The molecule has 4 rings (SSSR count). The number of nitrogens with zero attached hydrogens (tertiary/aromatic N) is 1. The maximum atomic E-state index is 13.5. The van der Waals surface area contributed by atoms with E-state index in [4.69, 9.17) is 0 Å². The number of carbonyl (C=O) groups excluding carboxylic acids is 1. The summed E-state index contributed by atoms with van der Waals surface area (Å²) in [5.41, 5.74) is 1.66. The zero-order chi connectivity index (χ0) is 17.4. The molecule has 2 aliphatic rings. The minimum atomic E-state index is -0.409. The fraction of sp³-hybridized carbons (Fsp3) is 0.381. The van der Waals surface area contributed by atoms with Crippen LogP contribution in [0.25, 0.3) is 11.1 Å². The molecule has 2 bridgehead atoms. The van der Waals surface area contributed by atoms with Crippen LogP contribution in [-0.2, 0) is 0 Å². The van der Waals surface area contributed by atoms with Gasteiger partial charge in [0.1, 0.15) is 11.6 Å². The average molecular weight is 339 g/mol. The van der Waals surface area contributed by atoms with E-state index in [9.17, 15) is 14.3 Å². The Morgan fingerprint density at radius 1 is 1.08 bits per heavy atom. The van der Waals surface area contributed by atoms with Crippen molar-refractivity contribution in [1.29, 1.82) is 0 Å². The van der Waals surface area contributed by atoms with E-state index in [-0.39, 0.29) is 11.7 Å². The Hall–Kier alpha value is -2.36. The number of phenolic OH excluding ortho intramolecular Hbond substituents is 1. The van der Waals surface area contributed by atoms with Gasteiger partial charge in [0.05, 0.1) is 0 Å².